The van der Waals surface area contributed by atoms with Gasteiger partial charge in [0.05, 0.1) is 6.61 Å². The van der Waals surface area contributed by atoms with Crippen LogP contribution in [0.15, 0.2) is 33.7 Å². The van der Waals surface area contributed by atoms with Crippen LogP contribution in [0, 0.1) is 5.41 Å². The Hall–Kier alpha value is -0.870. The van der Waals surface area contributed by atoms with Crippen molar-refractivity contribution in [1.29, 1.82) is 0 Å². The number of aliphatic imine (C=N–C) groups is 1. The van der Waals surface area contributed by atoms with Gasteiger partial charge >= 0.3 is 0 Å². The van der Waals surface area contributed by atoms with E-state index in [-0.39, 0.29) is 29.9 Å². The van der Waals surface area contributed by atoms with Gasteiger partial charge in [0.25, 0.3) is 5.91 Å². The third kappa shape index (κ3) is 5.32. The molecule has 1 amide bonds. The molecule has 2 N–H and O–H groups in total. The number of halogens is 2. The second-order valence-corrected chi connectivity index (χ2v) is 7.63. The fourth-order valence-corrected chi connectivity index (χ4v) is 3.74. The van der Waals surface area contributed by atoms with Gasteiger partial charge in [0.1, 0.15) is 0 Å². The van der Waals surface area contributed by atoms with Crippen LogP contribution < -0.4 is 10.6 Å². The smallest absolute Gasteiger partial charge is 0.251 e. The van der Waals surface area contributed by atoms with Gasteiger partial charge < -0.3 is 20.3 Å². The third-order valence-electron chi connectivity index (χ3n) is 4.93. The van der Waals surface area contributed by atoms with E-state index in [9.17, 15) is 4.79 Å². The monoisotopic (exact) mass is 536 g/mol. The van der Waals surface area contributed by atoms with Crippen LogP contribution in [0.4, 0.5) is 0 Å². The minimum atomic E-state index is -0.0625. The molecule has 2 aliphatic rings. The van der Waals surface area contributed by atoms with E-state index in [2.05, 4.69) is 36.5 Å². The molecule has 2 fully saturated rings. The zero-order valence-corrected chi connectivity index (χ0v) is 18.9. The molecule has 144 valence electrons. The Morgan fingerprint density at radius 3 is 2.65 bits per heavy atom. The van der Waals surface area contributed by atoms with Crippen LogP contribution in [0.2, 0.25) is 0 Å². The predicted molar refractivity (Wildman–Crippen MR) is 117 cm³/mol. The summed E-state index contributed by atoms with van der Waals surface area (Å²) in [7, 11) is 1.80. The molecular weight excluding hydrogens is 511 g/mol. The Kier molecular flexibility index (Phi) is 8.15. The molecule has 0 saturated carbocycles. The van der Waals surface area contributed by atoms with Crippen molar-refractivity contribution in [3.05, 3.63) is 34.3 Å². The van der Waals surface area contributed by atoms with E-state index in [0.717, 1.165) is 49.6 Å². The maximum atomic E-state index is 12.1. The number of guanidine groups is 1. The van der Waals surface area contributed by atoms with Crippen molar-refractivity contribution in [3.8, 4) is 0 Å². The number of hydrogen-bond acceptors (Lipinski definition) is 3. The number of nitrogens with one attached hydrogen (secondary N) is 2. The highest BCUT2D eigenvalue weighted by Gasteiger charge is 2.42. The highest BCUT2D eigenvalue weighted by Crippen LogP contribution is 2.38. The Labute approximate surface area is 180 Å². The number of amides is 1. The summed E-state index contributed by atoms with van der Waals surface area (Å²) in [5, 5.41) is 6.27. The SMILES string of the molecule is CN=C(NCCNC(=O)c1ccc(Br)cc1)N1CCC2(CCOC2)C1.I. The van der Waals surface area contributed by atoms with Gasteiger partial charge in [-0.15, -0.1) is 24.0 Å². The lowest BCUT2D eigenvalue weighted by molar-refractivity contribution is 0.0954. The summed E-state index contributed by atoms with van der Waals surface area (Å²) in [5.74, 6) is 0.842. The van der Waals surface area contributed by atoms with Crippen molar-refractivity contribution in [2.75, 3.05) is 46.4 Å². The van der Waals surface area contributed by atoms with Crippen LogP contribution in [0.1, 0.15) is 23.2 Å². The molecule has 0 aromatic heterocycles. The van der Waals surface area contributed by atoms with Crippen molar-refractivity contribution in [2.24, 2.45) is 10.4 Å². The summed E-state index contributed by atoms with van der Waals surface area (Å²) in [4.78, 5) is 18.8. The first-order valence-corrected chi connectivity index (χ1v) is 9.48. The molecule has 0 aliphatic carbocycles. The number of carbonyl (C=O) groups is 1. The normalized spacial score (nSPS) is 22.4. The summed E-state index contributed by atoms with van der Waals surface area (Å²) >= 11 is 3.37. The number of likely N-dealkylation sites (tertiary alicyclic amines) is 1. The highest BCUT2D eigenvalue weighted by molar-refractivity contribution is 14.0. The minimum Gasteiger partial charge on any atom is -0.381 e. The summed E-state index contributed by atoms with van der Waals surface area (Å²) in [6.07, 6.45) is 2.30. The van der Waals surface area contributed by atoms with Gasteiger partial charge in [0.2, 0.25) is 0 Å². The van der Waals surface area contributed by atoms with Crippen LogP contribution >= 0.6 is 39.9 Å². The van der Waals surface area contributed by atoms with Crippen molar-refractivity contribution in [1.82, 2.24) is 15.5 Å². The van der Waals surface area contributed by atoms with E-state index in [1.54, 1.807) is 19.2 Å². The van der Waals surface area contributed by atoms with E-state index >= 15 is 0 Å². The maximum Gasteiger partial charge on any atom is 0.251 e. The standard InChI is InChI=1S/C18H25BrN4O2.HI/c1-20-17(23-10-6-18(12-23)7-11-25-13-18)22-9-8-21-16(24)14-2-4-15(19)5-3-14;/h2-5H,6-13H2,1H3,(H,20,22)(H,21,24);1H. The van der Waals surface area contributed by atoms with Crippen LogP contribution in [-0.4, -0.2) is 63.2 Å². The van der Waals surface area contributed by atoms with E-state index in [0.29, 0.717) is 24.1 Å². The first-order valence-electron chi connectivity index (χ1n) is 8.69. The first kappa shape index (κ1) is 21.4. The van der Waals surface area contributed by atoms with Crippen LogP contribution in [0.5, 0.6) is 0 Å². The lowest BCUT2D eigenvalue weighted by Gasteiger charge is -2.25. The molecular formula is C18H26BrIN4O2. The van der Waals surface area contributed by atoms with Gasteiger partial charge in [-0.1, -0.05) is 15.9 Å². The molecule has 6 nitrogen and oxygen atoms in total. The number of nitrogens with zero attached hydrogens (tertiary/aromatic N) is 2. The van der Waals surface area contributed by atoms with Crippen LogP contribution in [0.3, 0.4) is 0 Å². The Morgan fingerprint density at radius 2 is 2.00 bits per heavy atom. The number of hydrogen-bond donors (Lipinski definition) is 2. The molecule has 1 atom stereocenters. The molecule has 8 heteroatoms. The zero-order chi connectivity index (χ0) is 17.7. The van der Waals surface area contributed by atoms with Gasteiger partial charge in [0, 0.05) is 55.3 Å². The molecule has 1 spiro atoms. The Balaban J connectivity index is 0.00000243. The topological polar surface area (TPSA) is 66.0 Å². The quantitative estimate of drug-likeness (QED) is 0.268. The average molecular weight is 537 g/mol. The first-order chi connectivity index (χ1) is 12.1. The van der Waals surface area contributed by atoms with Crippen LogP contribution in [-0.2, 0) is 4.74 Å². The van der Waals surface area contributed by atoms with Gasteiger partial charge in [-0.05, 0) is 37.1 Å². The number of ether oxygens (including phenoxy) is 1. The van der Waals surface area contributed by atoms with Crippen molar-refractivity contribution in [2.45, 2.75) is 12.8 Å². The van der Waals surface area contributed by atoms with Gasteiger partial charge in [-0.25, -0.2) is 0 Å². The summed E-state index contributed by atoms with van der Waals surface area (Å²) in [6, 6.07) is 7.34. The van der Waals surface area contributed by atoms with Gasteiger partial charge in [-0.3, -0.25) is 9.79 Å². The second kappa shape index (κ2) is 9.89. The number of benzene rings is 1. The molecule has 1 aromatic carbocycles. The molecule has 3 rings (SSSR count). The Bertz CT molecular complexity index is 633. The van der Waals surface area contributed by atoms with E-state index < -0.39 is 0 Å². The van der Waals surface area contributed by atoms with Crippen molar-refractivity contribution >= 4 is 51.8 Å². The van der Waals surface area contributed by atoms with Crippen molar-refractivity contribution in [3.63, 3.8) is 0 Å². The average Bonchev–Trinajstić information content (AvgIpc) is 3.25. The van der Waals surface area contributed by atoms with E-state index in [1.807, 2.05) is 12.1 Å². The lowest BCUT2D eigenvalue weighted by atomic mass is 9.87. The molecule has 2 aliphatic heterocycles. The number of carbonyl (C=O) groups excluding carboxylic acids is 1. The van der Waals surface area contributed by atoms with Crippen LogP contribution in [0.25, 0.3) is 0 Å². The van der Waals surface area contributed by atoms with E-state index in [4.69, 9.17) is 4.74 Å². The van der Waals surface area contributed by atoms with E-state index in [1.165, 1.54) is 0 Å². The second-order valence-electron chi connectivity index (χ2n) is 6.71. The fourth-order valence-electron chi connectivity index (χ4n) is 3.47. The summed E-state index contributed by atoms with van der Waals surface area (Å²) in [6.45, 7) is 4.95. The minimum absolute atomic E-state index is 0. The highest BCUT2D eigenvalue weighted by atomic mass is 127. The number of rotatable bonds is 4. The predicted octanol–water partition coefficient (Wildman–Crippen LogP) is 2.48. The molecule has 26 heavy (non-hydrogen) atoms. The van der Waals surface area contributed by atoms with Crippen molar-refractivity contribution < 1.29 is 9.53 Å². The lowest BCUT2D eigenvalue weighted by Crippen LogP contribution is -2.44. The Morgan fingerprint density at radius 1 is 1.27 bits per heavy atom. The molecule has 1 aromatic rings. The molecule has 2 heterocycles. The summed E-state index contributed by atoms with van der Waals surface area (Å²) < 4.78 is 6.54. The van der Waals surface area contributed by atoms with Gasteiger partial charge in [-0.2, -0.15) is 0 Å². The zero-order valence-electron chi connectivity index (χ0n) is 15.0. The molecule has 0 radical (unpaired) electrons. The molecule has 2 saturated heterocycles. The van der Waals surface area contributed by atoms with Gasteiger partial charge in [0.15, 0.2) is 5.96 Å². The molecule has 0 bridgehead atoms. The molecule has 1 unspecified atom stereocenters. The largest absolute Gasteiger partial charge is 0.381 e. The third-order valence-corrected chi connectivity index (χ3v) is 5.46. The summed E-state index contributed by atoms with van der Waals surface area (Å²) in [5.41, 5.74) is 0.975. The fraction of sp³-hybridized carbons (Fsp3) is 0.556. The maximum absolute atomic E-state index is 12.1.